The number of nitrogens with zero attached hydrogens (tertiary/aromatic N) is 2. The highest BCUT2D eigenvalue weighted by Crippen LogP contribution is 2.12. The second kappa shape index (κ2) is 5.10. The maximum atomic E-state index is 11.8. The van der Waals surface area contributed by atoms with Crippen LogP contribution in [0.3, 0.4) is 0 Å². The van der Waals surface area contributed by atoms with Crippen molar-refractivity contribution >= 4 is 6.09 Å². The van der Waals surface area contributed by atoms with E-state index < -0.39 is 11.7 Å². The van der Waals surface area contributed by atoms with Crippen molar-refractivity contribution in [3.8, 4) is 0 Å². The number of ether oxygens (including phenoxy) is 1. The first kappa shape index (κ1) is 14.7. The lowest BCUT2D eigenvalue weighted by Crippen LogP contribution is -2.38. The van der Waals surface area contributed by atoms with Gasteiger partial charge in [-0.3, -0.25) is 0 Å². The van der Waals surface area contributed by atoms with Crippen LogP contribution >= 0.6 is 0 Å². The third-order valence-electron chi connectivity index (χ3n) is 2.54. The first-order valence-corrected chi connectivity index (χ1v) is 6.08. The number of hydrogen-bond donors (Lipinski definition) is 1. The number of aromatic nitrogens is 2. The smallest absolute Gasteiger partial charge is 0.419 e. The molecule has 0 aromatic carbocycles. The molecule has 0 amide bonds. The van der Waals surface area contributed by atoms with Crippen LogP contribution in [-0.2, 0) is 11.2 Å². The largest absolute Gasteiger partial charge is 0.443 e. The van der Waals surface area contributed by atoms with E-state index >= 15 is 0 Å². The summed E-state index contributed by atoms with van der Waals surface area (Å²) in [6, 6.07) is 0. The molecule has 0 unspecified atom stereocenters. The number of rotatable bonds is 3. The zero-order valence-electron chi connectivity index (χ0n) is 12.1. The van der Waals surface area contributed by atoms with E-state index in [9.17, 15) is 4.79 Å². The van der Waals surface area contributed by atoms with Crippen molar-refractivity contribution < 1.29 is 9.53 Å². The van der Waals surface area contributed by atoms with Gasteiger partial charge in [0.05, 0.1) is 5.69 Å². The van der Waals surface area contributed by atoms with Crippen LogP contribution < -0.4 is 5.32 Å². The molecule has 1 N–H and O–H groups in total. The summed E-state index contributed by atoms with van der Waals surface area (Å²) in [5.74, 6) is 0. The summed E-state index contributed by atoms with van der Waals surface area (Å²) >= 11 is 0. The van der Waals surface area contributed by atoms with E-state index in [4.69, 9.17) is 4.74 Å². The summed E-state index contributed by atoms with van der Waals surface area (Å²) in [6.45, 7) is 9.69. The summed E-state index contributed by atoms with van der Waals surface area (Å²) in [5.41, 5.74) is 0.319. The molecular formula is C13H23N3O2. The van der Waals surface area contributed by atoms with Gasteiger partial charge in [0.25, 0.3) is 0 Å². The lowest BCUT2D eigenvalue weighted by Gasteiger charge is -2.22. The fraction of sp³-hybridized carbons (Fsp3) is 0.692. The minimum absolute atomic E-state index is 0.0485. The van der Waals surface area contributed by atoms with Gasteiger partial charge in [-0.15, -0.1) is 0 Å². The Balaban J connectivity index is 2.72. The number of nitrogens with one attached hydrogen (secondary N) is 1. The lowest BCUT2D eigenvalue weighted by atomic mass is 9.99. The highest BCUT2D eigenvalue weighted by atomic mass is 16.6. The Bertz CT molecular complexity index is 416. The van der Waals surface area contributed by atoms with Gasteiger partial charge in [-0.1, -0.05) is 0 Å². The third-order valence-corrected chi connectivity index (χ3v) is 2.54. The molecule has 0 aliphatic rings. The summed E-state index contributed by atoms with van der Waals surface area (Å²) < 4.78 is 6.64. The Morgan fingerprint density at radius 1 is 1.39 bits per heavy atom. The highest BCUT2D eigenvalue weighted by molar-refractivity contribution is 5.70. The van der Waals surface area contributed by atoms with Crippen molar-refractivity contribution in [3.63, 3.8) is 0 Å². The van der Waals surface area contributed by atoms with Gasteiger partial charge < -0.3 is 10.1 Å². The summed E-state index contributed by atoms with van der Waals surface area (Å²) in [7, 11) is 1.91. The standard InChI is InChI=1S/C13H23N3O2/c1-12(2,3)18-11(17)16-8-10(15-9-16)7-13(4,5)14-6/h8-9,14H,7H2,1-6H3. The molecular weight excluding hydrogens is 230 g/mol. The molecule has 1 rings (SSSR count). The van der Waals surface area contributed by atoms with Gasteiger partial charge in [0.15, 0.2) is 0 Å². The van der Waals surface area contributed by atoms with Crippen LogP contribution in [0.5, 0.6) is 0 Å². The van der Waals surface area contributed by atoms with Crippen molar-refractivity contribution in [2.45, 2.75) is 52.2 Å². The van der Waals surface area contributed by atoms with Gasteiger partial charge in [0.2, 0.25) is 0 Å². The molecule has 0 aliphatic carbocycles. The van der Waals surface area contributed by atoms with E-state index in [1.807, 2.05) is 27.8 Å². The molecule has 0 saturated carbocycles. The number of carbonyl (C=O) groups excluding carboxylic acids is 1. The fourth-order valence-electron chi connectivity index (χ4n) is 1.41. The van der Waals surface area contributed by atoms with Crippen molar-refractivity contribution in [2.24, 2.45) is 0 Å². The Morgan fingerprint density at radius 3 is 2.50 bits per heavy atom. The normalized spacial score (nSPS) is 12.6. The van der Waals surface area contributed by atoms with Crippen LogP contribution in [0, 0.1) is 0 Å². The zero-order valence-corrected chi connectivity index (χ0v) is 12.1. The van der Waals surface area contributed by atoms with Crippen molar-refractivity contribution in [2.75, 3.05) is 7.05 Å². The topological polar surface area (TPSA) is 56.2 Å². The monoisotopic (exact) mass is 253 g/mol. The van der Waals surface area contributed by atoms with Crippen molar-refractivity contribution in [1.82, 2.24) is 14.9 Å². The van der Waals surface area contributed by atoms with E-state index in [0.717, 1.165) is 12.1 Å². The second-order valence-corrected chi connectivity index (χ2v) is 6.06. The molecule has 0 aliphatic heterocycles. The molecule has 102 valence electrons. The average molecular weight is 253 g/mol. The maximum absolute atomic E-state index is 11.8. The molecule has 1 heterocycles. The van der Waals surface area contributed by atoms with Gasteiger partial charge in [-0.25, -0.2) is 14.3 Å². The Hall–Kier alpha value is -1.36. The van der Waals surface area contributed by atoms with Crippen LogP contribution in [0.2, 0.25) is 0 Å². The molecule has 1 aromatic rings. The Kier molecular flexibility index (Phi) is 4.16. The Labute approximate surface area is 109 Å². The minimum atomic E-state index is -0.494. The Morgan fingerprint density at radius 2 is 2.00 bits per heavy atom. The quantitative estimate of drug-likeness (QED) is 0.897. The number of hydrogen-bond acceptors (Lipinski definition) is 4. The molecule has 5 heteroatoms. The van der Waals surface area contributed by atoms with Crippen LogP contribution in [0.25, 0.3) is 0 Å². The number of likely N-dealkylation sites (N-methyl/N-ethyl adjacent to an activating group) is 1. The molecule has 0 bridgehead atoms. The van der Waals surface area contributed by atoms with Crippen LogP contribution in [0.4, 0.5) is 4.79 Å². The molecule has 0 spiro atoms. The van der Waals surface area contributed by atoms with Gasteiger partial charge in [0, 0.05) is 18.2 Å². The number of carbonyl (C=O) groups is 1. The van der Waals surface area contributed by atoms with Crippen LogP contribution in [-0.4, -0.2) is 33.8 Å². The molecule has 18 heavy (non-hydrogen) atoms. The van der Waals surface area contributed by atoms with Gasteiger partial charge >= 0.3 is 6.09 Å². The predicted molar refractivity (Wildman–Crippen MR) is 70.7 cm³/mol. The third kappa shape index (κ3) is 4.49. The molecule has 0 atom stereocenters. The number of imidazole rings is 1. The SMILES string of the molecule is CNC(C)(C)Cc1cn(C(=O)OC(C)(C)C)cn1. The first-order valence-electron chi connectivity index (χ1n) is 6.08. The molecule has 0 fully saturated rings. The molecule has 0 saturated heterocycles. The van der Waals surface area contributed by atoms with E-state index in [-0.39, 0.29) is 5.54 Å². The summed E-state index contributed by atoms with van der Waals surface area (Å²) in [4.78, 5) is 16.0. The van der Waals surface area contributed by atoms with E-state index in [1.54, 1.807) is 6.20 Å². The minimum Gasteiger partial charge on any atom is -0.443 e. The average Bonchev–Trinajstić information content (AvgIpc) is 2.63. The summed E-state index contributed by atoms with van der Waals surface area (Å²) in [6.07, 6.45) is 3.56. The predicted octanol–water partition coefficient (Wildman–Crippen LogP) is 2.21. The van der Waals surface area contributed by atoms with Gasteiger partial charge in [-0.2, -0.15) is 0 Å². The van der Waals surface area contributed by atoms with Crippen molar-refractivity contribution in [3.05, 3.63) is 18.2 Å². The van der Waals surface area contributed by atoms with Crippen LogP contribution in [0.1, 0.15) is 40.3 Å². The van der Waals surface area contributed by atoms with E-state index in [0.29, 0.717) is 0 Å². The van der Waals surface area contributed by atoms with Crippen molar-refractivity contribution in [1.29, 1.82) is 0 Å². The van der Waals surface area contributed by atoms with E-state index in [1.165, 1.54) is 10.9 Å². The second-order valence-electron chi connectivity index (χ2n) is 6.06. The highest BCUT2D eigenvalue weighted by Gasteiger charge is 2.20. The van der Waals surface area contributed by atoms with Gasteiger partial charge in [-0.05, 0) is 41.7 Å². The maximum Gasteiger partial charge on any atom is 0.419 e. The molecule has 5 nitrogen and oxygen atoms in total. The van der Waals surface area contributed by atoms with Gasteiger partial charge in [0.1, 0.15) is 11.9 Å². The zero-order chi connectivity index (χ0) is 14.0. The fourth-order valence-corrected chi connectivity index (χ4v) is 1.41. The van der Waals surface area contributed by atoms with E-state index in [2.05, 4.69) is 24.1 Å². The first-order chi connectivity index (χ1) is 8.13. The lowest BCUT2D eigenvalue weighted by molar-refractivity contribution is 0.0536. The summed E-state index contributed by atoms with van der Waals surface area (Å²) in [5, 5.41) is 3.20. The molecule has 0 radical (unpaired) electrons. The molecule has 1 aromatic heterocycles. The van der Waals surface area contributed by atoms with Crippen LogP contribution in [0.15, 0.2) is 12.5 Å².